The van der Waals surface area contributed by atoms with Gasteiger partial charge in [-0.25, -0.2) is 28.3 Å². The summed E-state index contributed by atoms with van der Waals surface area (Å²) >= 11 is 0. The maximum atomic E-state index is 15.4. The number of anilines is 1. The molecule has 5 heterocycles. The van der Waals surface area contributed by atoms with Crippen LogP contribution < -0.4 is 10.2 Å². The largest absolute Gasteiger partial charge is 0.475 e. The predicted molar refractivity (Wildman–Crippen MR) is 159 cm³/mol. The van der Waals surface area contributed by atoms with Crippen LogP contribution in [0, 0.1) is 24.0 Å². The molecule has 1 unspecified atom stereocenters. The van der Waals surface area contributed by atoms with Crippen molar-refractivity contribution in [3.63, 3.8) is 0 Å². The van der Waals surface area contributed by atoms with Crippen molar-refractivity contribution in [2.45, 2.75) is 45.1 Å². The van der Waals surface area contributed by atoms with E-state index in [1.54, 1.807) is 19.2 Å². The standard InChI is InChI=1S/C32H29F2N7O5/c1-16-21(13-36-29(37-16)24-9-26(30(43)44)46-39-24)28-23(34)8-19(12-35-28)17(2)40-14-32(15-40)10-20(11-32)18-3-4-25(22(33)7-18)41-6-5-27(42)38-31(41)45/h3-4,7-9,12-13,17,20H,5-6,10-11,14-15H2,1-2H3,(H,43,44)(H,38,42,45). The van der Waals surface area contributed by atoms with Crippen LogP contribution >= 0.6 is 0 Å². The lowest BCUT2D eigenvalue weighted by Crippen LogP contribution is -2.61. The SMILES string of the molecule is Cc1nc(-c2cc(C(=O)O)on2)ncc1-c1ncc(C(C)N2CC3(CC(c4ccc(N5CCC(=O)NC5=O)c(F)c4)C3)C2)cc1F. The minimum absolute atomic E-state index is 0.0599. The van der Waals surface area contributed by atoms with Gasteiger partial charge in [0.25, 0.3) is 0 Å². The first kappa shape index (κ1) is 29.6. The molecule has 0 bridgehead atoms. The Bertz CT molecular complexity index is 1900. The molecule has 1 saturated carbocycles. The van der Waals surface area contributed by atoms with Gasteiger partial charge in [0, 0.05) is 56.1 Å². The molecule has 2 N–H and O–H groups in total. The summed E-state index contributed by atoms with van der Waals surface area (Å²) in [5, 5.41) is 14.9. The number of rotatable bonds is 7. The molecule has 3 aromatic heterocycles. The first-order valence-corrected chi connectivity index (χ1v) is 14.8. The van der Waals surface area contributed by atoms with Crippen LogP contribution in [-0.4, -0.2) is 67.7 Å². The molecule has 46 heavy (non-hydrogen) atoms. The Morgan fingerprint density at radius 3 is 2.54 bits per heavy atom. The molecule has 4 aromatic rings. The monoisotopic (exact) mass is 629 g/mol. The Hall–Kier alpha value is -5.11. The number of likely N-dealkylation sites (tertiary alicyclic amines) is 1. The molecule has 3 aliphatic rings. The van der Waals surface area contributed by atoms with Gasteiger partial charge in [0.15, 0.2) is 11.5 Å². The summed E-state index contributed by atoms with van der Waals surface area (Å²) < 4.78 is 35.1. The molecule has 1 atom stereocenters. The van der Waals surface area contributed by atoms with Crippen LogP contribution in [0.5, 0.6) is 0 Å². The van der Waals surface area contributed by atoms with E-state index in [0.29, 0.717) is 11.3 Å². The van der Waals surface area contributed by atoms with Crippen LogP contribution in [0.1, 0.15) is 65.5 Å². The maximum Gasteiger partial charge on any atom is 0.374 e. The highest BCUT2D eigenvalue weighted by atomic mass is 19.1. The average Bonchev–Trinajstić information content (AvgIpc) is 3.47. The van der Waals surface area contributed by atoms with Gasteiger partial charge in [0.2, 0.25) is 11.7 Å². The summed E-state index contributed by atoms with van der Waals surface area (Å²) in [5.41, 5.74) is 3.07. The number of hydrogen-bond acceptors (Lipinski definition) is 9. The molecule has 1 spiro atoms. The highest BCUT2D eigenvalue weighted by molar-refractivity contribution is 6.05. The number of halogens is 2. The normalized spacial score (nSPS) is 18.7. The van der Waals surface area contributed by atoms with E-state index in [2.05, 4.69) is 30.3 Å². The van der Waals surface area contributed by atoms with E-state index in [4.69, 9.17) is 9.63 Å². The minimum Gasteiger partial charge on any atom is -0.475 e. The Morgan fingerprint density at radius 2 is 1.89 bits per heavy atom. The molecule has 236 valence electrons. The van der Waals surface area contributed by atoms with E-state index in [-0.39, 0.29) is 64.9 Å². The van der Waals surface area contributed by atoms with E-state index in [1.807, 2.05) is 13.0 Å². The lowest BCUT2D eigenvalue weighted by atomic mass is 9.56. The third kappa shape index (κ3) is 5.17. The number of carbonyl (C=O) groups excluding carboxylic acids is 2. The zero-order valence-corrected chi connectivity index (χ0v) is 25.0. The Morgan fingerprint density at radius 1 is 1.11 bits per heavy atom. The molecule has 0 radical (unpaired) electrons. The molecule has 1 aromatic carbocycles. The van der Waals surface area contributed by atoms with Crippen molar-refractivity contribution in [3.8, 4) is 22.8 Å². The van der Waals surface area contributed by atoms with Crippen LogP contribution in [-0.2, 0) is 4.79 Å². The number of imide groups is 1. The fraction of sp³-hybridized carbons (Fsp3) is 0.344. The van der Waals surface area contributed by atoms with Gasteiger partial charge in [-0.15, -0.1) is 0 Å². The first-order valence-electron chi connectivity index (χ1n) is 14.8. The maximum absolute atomic E-state index is 15.4. The number of nitrogens with one attached hydrogen (secondary N) is 1. The van der Waals surface area contributed by atoms with Gasteiger partial charge in [0.1, 0.15) is 17.3 Å². The number of carbonyl (C=O) groups is 3. The molecular formula is C32H29F2N7O5. The van der Waals surface area contributed by atoms with Gasteiger partial charge < -0.3 is 9.63 Å². The summed E-state index contributed by atoms with van der Waals surface area (Å²) in [4.78, 5) is 51.1. The third-order valence-corrected chi connectivity index (χ3v) is 9.30. The zero-order valence-electron chi connectivity index (χ0n) is 25.0. The number of amides is 3. The predicted octanol–water partition coefficient (Wildman–Crippen LogP) is 4.87. The number of benzene rings is 1. The second-order valence-corrected chi connectivity index (χ2v) is 12.3. The van der Waals surface area contributed by atoms with E-state index in [1.165, 1.54) is 29.3 Å². The average molecular weight is 630 g/mol. The van der Waals surface area contributed by atoms with E-state index in [9.17, 15) is 18.8 Å². The van der Waals surface area contributed by atoms with Gasteiger partial charge in [0.05, 0.1) is 11.4 Å². The number of pyridine rings is 1. The number of urea groups is 1. The quantitative estimate of drug-likeness (QED) is 0.289. The number of carboxylic acid groups (broad SMARTS) is 1. The van der Waals surface area contributed by atoms with Crippen molar-refractivity contribution in [1.29, 1.82) is 0 Å². The summed E-state index contributed by atoms with van der Waals surface area (Å²) in [7, 11) is 0. The van der Waals surface area contributed by atoms with Crippen molar-refractivity contribution in [2.24, 2.45) is 5.41 Å². The second-order valence-electron chi connectivity index (χ2n) is 12.3. The Kier molecular flexibility index (Phi) is 7.11. The summed E-state index contributed by atoms with van der Waals surface area (Å²) in [5.74, 6) is -2.57. The number of hydrogen-bond donors (Lipinski definition) is 2. The van der Waals surface area contributed by atoms with Crippen LogP contribution in [0.4, 0.5) is 19.3 Å². The van der Waals surface area contributed by atoms with Crippen LogP contribution in [0.15, 0.2) is 47.2 Å². The zero-order chi connectivity index (χ0) is 32.3. The fourth-order valence-corrected chi connectivity index (χ4v) is 6.75. The number of carboxylic acids is 1. The molecule has 12 nitrogen and oxygen atoms in total. The van der Waals surface area contributed by atoms with Gasteiger partial charge in [-0.3, -0.25) is 24.9 Å². The van der Waals surface area contributed by atoms with Crippen LogP contribution in [0.25, 0.3) is 22.8 Å². The third-order valence-electron chi connectivity index (χ3n) is 9.30. The fourth-order valence-electron chi connectivity index (χ4n) is 6.75. The molecule has 3 fully saturated rings. The summed E-state index contributed by atoms with van der Waals surface area (Å²) in [6.07, 6.45) is 5.05. The van der Waals surface area contributed by atoms with Crippen molar-refractivity contribution in [3.05, 3.63) is 76.9 Å². The van der Waals surface area contributed by atoms with Gasteiger partial charge in [-0.05, 0) is 67.3 Å². The molecule has 2 saturated heterocycles. The van der Waals surface area contributed by atoms with Crippen molar-refractivity contribution in [2.75, 3.05) is 24.5 Å². The minimum atomic E-state index is -1.26. The molecule has 3 amide bonds. The van der Waals surface area contributed by atoms with E-state index in [0.717, 1.165) is 37.1 Å². The highest BCUT2D eigenvalue weighted by Gasteiger charge is 2.53. The Balaban J connectivity index is 0.968. The molecule has 2 aliphatic heterocycles. The lowest BCUT2D eigenvalue weighted by molar-refractivity contribution is -0.120. The lowest BCUT2D eigenvalue weighted by Gasteiger charge is -2.61. The second kappa shape index (κ2) is 11.1. The Labute approximate surface area is 261 Å². The van der Waals surface area contributed by atoms with Gasteiger partial charge >= 0.3 is 12.0 Å². The smallest absolute Gasteiger partial charge is 0.374 e. The van der Waals surface area contributed by atoms with Gasteiger partial charge in [-0.2, -0.15) is 0 Å². The number of aryl methyl sites for hydroxylation is 1. The summed E-state index contributed by atoms with van der Waals surface area (Å²) in [6.45, 7) is 5.53. The molecule has 1 aliphatic carbocycles. The molecule has 14 heteroatoms. The van der Waals surface area contributed by atoms with Crippen molar-refractivity contribution >= 4 is 23.6 Å². The number of aromatic carboxylic acids is 1. The first-order chi connectivity index (χ1) is 22.0. The van der Waals surface area contributed by atoms with Crippen LogP contribution in [0.3, 0.4) is 0 Å². The van der Waals surface area contributed by atoms with E-state index >= 15 is 4.39 Å². The van der Waals surface area contributed by atoms with Crippen molar-refractivity contribution in [1.82, 2.24) is 30.3 Å². The summed E-state index contributed by atoms with van der Waals surface area (Å²) in [6, 6.07) is 7.00. The van der Waals surface area contributed by atoms with E-state index < -0.39 is 23.6 Å². The number of aromatic nitrogens is 4. The topological polar surface area (TPSA) is 155 Å². The molecule has 7 rings (SSSR count). The molecular weight excluding hydrogens is 600 g/mol. The van der Waals surface area contributed by atoms with Crippen LogP contribution in [0.2, 0.25) is 0 Å². The van der Waals surface area contributed by atoms with Crippen molar-refractivity contribution < 1.29 is 32.8 Å². The van der Waals surface area contributed by atoms with Gasteiger partial charge in [-0.1, -0.05) is 11.2 Å². The highest BCUT2D eigenvalue weighted by Crippen LogP contribution is 2.57. The number of nitrogens with zero attached hydrogens (tertiary/aromatic N) is 6.